The topological polar surface area (TPSA) is 70.2 Å². The van der Waals surface area contributed by atoms with Gasteiger partial charge in [-0.15, -0.1) is 0 Å². The van der Waals surface area contributed by atoms with Crippen LogP contribution in [0, 0.1) is 0 Å². The number of nitrogens with one attached hydrogen (secondary N) is 2. The molecule has 0 aliphatic carbocycles. The van der Waals surface area contributed by atoms with E-state index in [4.69, 9.17) is 0 Å². The van der Waals surface area contributed by atoms with Crippen molar-refractivity contribution in [2.45, 2.75) is 19.9 Å². The monoisotopic (exact) mass is 299 g/mol. The third-order valence-electron chi connectivity index (χ3n) is 2.98. The highest BCUT2D eigenvalue weighted by Crippen LogP contribution is 2.19. The second kappa shape index (κ2) is 6.89. The molecule has 6 heteroatoms. The summed E-state index contributed by atoms with van der Waals surface area (Å²) in [5.41, 5.74) is 2.36. The summed E-state index contributed by atoms with van der Waals surface area (Å²) in [6.45, 7) is 3.81. The molecule has 0 atom stereocenters. The van der Waals surface area contributed by atoms with Crippen molar-refractivity contribution in [1.29, 1.82) is 0 Å². The predicted molar refractivity (Wildman–Crippen MR) is 88.7 cm³/mol. The summed E-state index contributed by atoms with van der Waals surface area (Å²) in [5.74, 6) is 0.380. The Balaban J connectivity index is 2.11. The van der Waals surface area contributed by atoms with Gasteiger partial charge < -0.3 is 15.5 Å². The van der Waals surface area contributed by atoms with E-state index < -0.39 is 0 Å². The first-order valence-electron chi connectivity index (χ1n) is 7.13. The number of hydrogen-bond donors (Lipinski definition) is 2. The quantitative estimate of drug-likeness (QED) is 0.887. The lowest BCUT2D eigenvalue weighted by atomic mass is 10.2. The van der Waals surface area contributed by atoms with Crippen LogP contribution in [0.3, 0.4) is 0 Å². The highest BCUT2D eigenvalue weighted by molar-refractivity contribution is 5.93. The van der Waals surface area contributed by atoms with E-state index in [0.29, 0.717) is 11.5 Å². The Morgan fingerprint density at radius 1 is 1.14 bits per heavy atom. The zero-order chi connectivity index (χ0) is 16.1. The molecule has 0 unspecified atom stereocenters. The van der Waals surface area contributed by atoms with E-state index in [1.807, 2.05) is 57.1 Å². The van der Waals surface area contributed by atoms with Gasteiger partial charge in [-0.2, -0.15) is 0 Å². The van der Waals surface area contributed by atoms with Crippen molar-refractivity contribution < 1.29 is 4.79 Å². The third kappa shape index (κ3) is 4.18. The van der Waals surface area contributed by atoms with Crippen molar-refractivity contribution in [2.24, 2.45) is 0 Å². The summed E-state index contributed by atoms with van der Waals surface area (Å²) in [4.78, 5) is 22.1. The molecule has 0 radical (unpaired) electrons. The summed E-state index contributed by atoms with van der Waals surface area (Å²) in [6.07, 6.45) is 1.38. The molecule has 0 aliphatic heterocycles. The molecule has 1 aromatic heterocycles. The number of carbonyl (C=O) groups is 1. The summed E-state index contributed by atoms with van der Waals surface area (Å²) < 4.78 is 0. The lowest BCUT2D eigenvalue weighted by molar-refractivity contribution is 0.0938. The Labute approximate surface area is 130 Å². The molecular weight excluding hydrogens is 278 g/mol. The standard InChI is InChI=1S/C16H21N5O/c1-11(2)19-16(22)14-9-15(18-10-17-14)20-12-5-7-13(8-6-12)21(3)4/h5-11H,1-4H3,(H,19,22)(H,17,18,20). The van der Waals surface area contributed by atoms with Crippen molar-refractivity contribution >= 4 is 23.1 Å². The van der Waals surface area contributed by atoms with Crippen LogP contribution in [0.5, 0.6) is 0 Å². The van der Waals surface area contributed by atoms with Crippen LogP contribution in [0.1, 0.15) is 24.3 Å². The van der Waals surface area contributed by atoms with E-state index in [1.165, 1.54) is 6.33 Å². The Morgan fingerprint density at radius 2 is 1.82 bits per heavy atom. The number of benzene rings is 1. The number of aromatic nitrogens is 2. The minimum atomic E-state index is -0.205. The van der Waals surface area contributed by atoms with Gasteiger partial charge in [-0.1, -0.05) is 0 Å². The van der Waals surface area contributed by atoms with Crippen molar-refractivity contribution in [3.63, 3.8) is 0 Å². The molecule has 2 N–H and O–H groups in total. The summed E-state index contributed by atoms with van der Waals surface area (Å²) in [5, 5.41) is 5.98. The molecule has 6 nitrogen and oxygen atoms in total. The van der Waals surface area contributed by atoms with E-state index in [2.05, 4.69) is 20.6 Å². The molecule has 0 saturated heterocycles. The molecular formula is C16H21N5O. The van der Waals surface area contributed by atoms with Crippen LogP contribution in [0.25, 0.3) is 0 Å². The second-order valence-electron chi connectivity index (χ2n) is 5.48. The fraction of sp³-hybridized carbons (Fsp3) is 0.312. The number of amides is 1. The van der Waals surface area contributed by atoms with Gasteiger partial charge in [-0.05, 0) is 38.1 Å². The van der Waals surface area contributed by atoms with Crippen LogP contribution < -0.4 is 15.5 Å². The molecule has 1 amide bonds. The molecule has 116 valence electrons. The van der Waals surface area contributed by atoms with Gasteiger partial charge in [0.25, 0.3) is 5.91 Å². The van der Waals surface area contributed by atoms with Gasteiger partial charge in [0.2, 0.25) is 0 Å². The van der Waals surface area contributed by atoms with Crippen molar-refractivity contribution in [1.82, 2.24) is 15.3 Å². The van der Waals surface area contributed by atoms with Crippen molar-refractivity contribution in [2.75, 3.05) is 24.3 Å². The number of carbonyl (C=O) groups excluding carboxylic acids is 1. The maximum Gasteiger partial charge on any atom is 0.270 e. The number of nitrogens with zero attached hydrogens (tertiary/aromatic N) is 3. The summed E-state index contributed by atoms with van der Waals surface area (Å²) in [6, 6.07) is 9.65. The van der Waals surface area contributed by atoms with Crippen molar-refractivity contribution in [3.05, 3.63) is 42.4 Å². The van der Waals surface area contributed by atoms with Crippen LogP contribution in [0.15, 0.2) is 36.7 Å². The van der Waals surface area contributed by atoms with Gasteiger partial charge in [0.1, 0.15) is 17.8 Å². The van der Waals surface area contributed by atoms with Gasteiger partial charge in [0, 0.05) is 37.6 Å². The highest BCUT2D eigenvalue weighted by Gasteiger charge is 2.09. The van der Waals surface area contributed by atoms with Crippen LogP contribution in [-0.4, -0.2) is 36.0 Å². The average Bonchev–Trinajstić information content (AvgIpc) is 2.47. The van der Waals surface area contributed by atoms with Gasteiger partial charge in [0.05, 0.1) is 0 Å². The molecule has 1 heterocycles. The van der Waals surface area contributed by atoms with Gasteiger partial charge >= 0.3 is 0 Å². The van der Waals surface area contributed by atoms with Crippen LogP contribution in [-0.2, 0) is 0 Å². The highest BCUT2D eigenvalue weighted by atomic mass is 16.1. The first-order chi connectivity index (χ1) is 10.5. The fourth-order valence-corrected chi connectivity index (χ4v) is 1.88. The number of hydrogen-bond acceptors (Lipinski definition) is 5. The molecule has 0 fully saturated rings. The SMILES string of the molecule is CC(C)NC(=O)c1cc(Nc2ccc(N(C)C)cc2)ncn1. The van der Waals surface area contributed by atoms with Crippen LogP contribution in [0.4, 0.5) is 17.2 Å². The zero-order valence-corrected chi connectivity index (χ0v) is 13.3. The Morgan fingerprint density at radius 3 is 2.41 bits per heavy atom. The van der Waals surface area contributed by atoms with Gasteiger partial charge in [0.15, 0.2) is 0 Å². The van der Waals surface area contributed by atoms with Gasteiger partial charge in [-0.25, -0.2) is 9.97 Å². The molecule has 1 aromatic carbocycles. The molecule has 22 heavy (non-hydrogen) atoms. The van der Waals surface area contributed by atoms with Crippen LogP contribution >= 0.6 is 0 Å². The summed E-state index contributed by atoms with van der Waals surface area (Å²) in [7, 11) is 3.99. The molecule has 0 saturated carbocycles. The molecule has 0 spiro atoms. The van der Waals surface area contributed by atoms with E-state index >= 15 is 0 Å². The zero-order valence-electron chi connectivity index (χ0n) is 13.3. The largest absolute Gasteiger partial charge is 0.378 e. The fourth-order valence-electron chi connectivity index (χ4n) is 1.88. The molecule has 0 bridgehead atoms. The Bertz CT molecular complexity index is 637. The van der Waals surface area contributed by atoms with E-state index in [1.54, 1.807) is 6.07 Å². The molecule has 2 aromatic rings. The first-order valence-corrected chi connectivity index (χ1v) is 7.13. The Kier molecular flexibility index (Phi) is 4.93. The van der Waals surface area contributed by atoms with Crippen molar-refractivity contribution in [3.8, 4) is 0 Å². The normalized spacial score (nSPS) is 10.4. The molecule has 2 rings (SSSR count). The first kappa shape index (κ1) is 15.8. The second-order valence-corrected chi connectivity index (χ2v) is 5.48. The lowest BCUT2D eigenvalue weighted by Gasteiger charge is -2.13. The Hall–Kier alpha value is -2.63. The van der Waals surface area contributed by atoms with E-state index in [0.717, 1.165) is 11.4 Å². The number of rotatable bonds is 5. The predicted octanol–water partition coefficient (Wildman–Crippen LogP) is 2.42. The van der Waals surface area contributed by atoms with E-state index in [-0.39, 0.29) is 11.9 Å². The van der Waals surface area contributed by atoms with Gasteiger partial charge in [-0.3, -0.25) is 4.79 Å². The summed E-state index contributed by atoms with van der Waals surface area (Å²) >= 11 is 0. The maximum atomic E-state index is 11.9. The lowest BCUT2D eigenvalue weighted by Crippen LogP contribution is -2.30. The van der Waals surface area contributed by atoms with Crippen LogP contribution in [0.2, 0.25) is 0 Å². The third-order valence-corrected chi connectivity index (χ3v) is 2.98. The van der Waals surface area contributed by atoms with E-state index in [9.17, 15) is 4.79 Å². The maximum absolute atomic E-state index is 11.9. The average molecular weight is 299 g/mol. The minimum absolute atomic E-state index is 0.0671. The smallest absolute Gasteiger partial charge is 0.270 e. The molecule has 0 aliphatic rings. The number of anilines is 3. The minimum Gasteiger partial charge on any atom is -0.378 e.